The number of benzene rings is 2. The number of hydrogen-bond acceptors (Lipinski definition) is 5. The van der Waals surface area contributed by atoms with E-state index in [2.05, 4.69) is 28.0 Å². The van der Waals surface area contributed by atoms with Crippen molar-refractivity contribution in [2.75, 3.05) is 42.5 Å². The molecule has 8 heteroatoms. The van der Waals surface area contributed by atoms with Crippen LogP contribution in [0.15, 0.2) is 41.8 Å². The molecule has 37 heavy (non-hydrogen) atoms. The van der Waals surface area contributed by atoms with E-state index in [1.165, 1.54) is 0 Å². The summed E-state index contributed by atoms with van der Waals surface area (Å²) in [5.41, 5.74) is 2.62. The number of carboxylic acids is 1. The summed E-state index contributed by atoms with van der Waals surface area (Å²) in [6, 6.07) is 11.5. The first-order valence-electron chi connectivity index (χ1n) is 13.1. The van der Waals surface area contributed by atoms with Gasteiger partial charge in [-0.05, 0) is 67.0 Å². The molecule has 1 amide bonds. The molecule has 2 aliphatic heterocycles. The van der Waals surface area contributed by atoms with Gasteiger partial charge in [-0.25, -0.2) is 9.18 Å². The van der Waals surface area contributed by atoms with Crippen molar-refractivity contribution in [3.05, 3.63) is 58.7 Å². The van der Waals surface area contributed by atoms with Gasteiger partial charge >= 0.3 is 5.97 Å². The second-order valence-corrected chi connectivity index (χ2v) is 11.3. The van der Waals surface area contributed by atoms with Crippen LogP contribution < -0.4 is 9.80 Å². The molecule has 196 valence electrons. The number of carbonyl (C=O) groups excluding carboxylic acids is 1. The lowest BCUT2D eigenvalue weighted by molar-refractivity contribution is -0.145. The summed E-state index contributed by atoms with van der Waals surface area (Å²) in [7, 11) is 0. The van der Waals surface area contributed by atoms with Crippen LogP contribution in [0.5, 0.6) is 0 Å². The summed E-state index contributed by atoms with van der Waals surface area (Å²) in [4.78, 5) is 31.5. The molecule has 2 aliphatic rings. The number of halogens is 1. The summed E-state index contributed by atoms with van der Waals surface area (Å²) >= 11 is 1.57. The van der Waals surface area contributed by atoms with Gasteiger partial charge in [0.15, 0.2) is 0 Å². The Bertz CT molecular complexity index is 1320. The van der Waals surface area contributed by atoms with Crippen LogP contribution in [0.1, 0.15) is 44.2 Å². The number of anilines is 2. The number of amides is 1. The van der Waals surface area contributed by atoms with Gasteiger partial charge in [0.05, 0.1) is 0 Å². The van der Waals surface area contributed by atoms with E-state index in [1.807, 2.05) is 18.4 Å². The number of piperazine rings is 1. The number of fused-ring (bicyclic) bond motifs is 2. The molecule has 6 nitrogen and oxygen atoms in total. The third kappa shape index (κ3) is 4.97. The number of hydrogen-bond donors (Lipinski definition) is 1. The third-order valence-electron chi connectivity index (χ3n) is 7.88. The fourth-order valence-corrected chi connectivity index (χ4v) is 6.63. The maximum Gasteiger partial charge on any atom is 0.329 e. The van der Waals surface area contributed by atoms with E-state index < -0.39 is 11.5 Å². The van der Waals surface area contributed by atoms with Gasteiger partial charge in [-0.3, -0.25) is 14.6 Å². The maximum absolute atomic E-state index is 14.2. The number of rotatable bonds is 8. The maximum atomic E-state index is 14.2. The van der Waals surface area contributed by atoms with E-state index in [-0.39, 0.29) is 11.7 Å². The van der Waals surface area contributed by atoms with Crippen molar-refractivity contribution in [3.8, 4) is 0 Å². The molecule has 5 rings (SSSR count). The predicted molar refractivity (Wildman–Crippen MR) is 147 cm³/mol. The topological polar surface area (TPSA) is 64.1 Å². The minimum atomic E-state index is -1.25. The highest BCUT2D eigenvalue weighted by Crippen LogP contribution is 2.37. The normalized spacial score (nSPS) is 18.2. The number of aliphatic carboxylic acids is 1. The van der Waals surface area contributed by atoms with Gasteiger partial charge in [0.2, 0.25) is 5.91 Å². The first-order valence-corrected chi connectivity index (χ1v) is 14.0. The lowest BCUT2D eigenvalue weighted by Crippen LogP contribution is -2.57. The zero-order valence-corrected chi connectivity index (χ0v) is 22.3. The van der Waals surface area contributed by atoms with Crippen LogP contribution in [-0.4, -0.2) is 60.1 Å². The summed E-state index contributed by atoms with van der Waals surface area (Å²) in [5, 5.41) is 13.2. The van der Waals surface area contributed by atoms with Gasteiger partial charge in [-0.15, -0.1) is 11.3 Å². The van der Waals surface area contributed by atoms with Gasteiger partial charge in [0.1, 0.15) is 11.4 Å². The van der Waals surface area contributed by atoms with E-state index in [1.54, 1.807) is 35.3 Å². The summed E-state index contributed by atoms with van der Waals surface area (Å²) in [5.74, 6) is -1.27. The fourth-order valence-electron chi connectivity index (χ4n) is 5.80. The van der Waals surface area contributed by atoms with Crippen LogP contribution in [-0.2, 0) is 22.4 Å². The molecule has 1 fully saturated rings. The Kier molecular flexibility index (Phi) is 7.23. The predicted octanol–water partition coefficient (Wildman–Crippen LogP) is 5.33. The number of nitrogens with zero attached hydrogens (tertiary/aromatic N) is 3. The van der Waals surface area contributed by atoms with Crippen molar-refractivity contribution < 1.29 is 19.1 Å². The molecule has 0 aliphatic carbocycles. The molecule has 1 unspecified atom stereocenters. The Hall–Kier alpha value is -2.97. The lowest BCUT2D eigenvalue weighted by atomic mass is 9.88. The highest BCUT2D eigenvalue weighted by molar-refractivity contribution is 7.17. The second kappa shape index (κ2) is 10.4. The smallest absolute Gasteiger partial charge is 0.329 e. The zero-order valence-electron chi connectivity index (χ0n) is 21.5. The first kappa shape index (κ1) is 25.7. The van der Waals surface area contributed by atoms with E-state index in [0.717, 1.165) is 71.7 Å². The van der Waals surface area contributed by atoms with Gasteiger partial charge in [-0.2, -0.15) is 0 Å². The third-order valence-corrected chi connectivity index (χ3v) is 8.75. The molecular formula is C29H34FN3O3S. The standard InChI is InChI=1S/C29H34FN3O3S/c1-3-10-29(2,28(35)36)33-24-17-20(4-5-21(24)6-7-27(33)34)8-11-31-12-14-32(15-13-31)25-18-22(30)19-26-23(25)9-16-37-26/h4-5,9,16-19H,3,6-8,10-15H2,1-2H3,(H,35,36). The second-order valence-electron chi connectivity index (χ2n) is 10.4. The Morgan fingerprint density at radius 3 is 2.59 bits per heavy atom. The number of thiophene rings is 1. The van der Waals surface area contributed by atoms with Crippen LogP contribution in [0.25, 0.3) is 10.1 Å². The van der Waals surface area contributed by atoms with Gasteiger partial charge in [0.25, 0.3) is 0 Å². The van der Waals surface area contributed by atoms with Crippen molar-refractivity contribution in [2.24, 2.45) is 0 Å². The van der Waals surface area contributed by atoms with E-state index in [0.29, 0.717) is 25.7 Å². The molecule has 3 heterocycles. The molecule has 0 saturated carbocycles. The van der Waals surface area contributed by atoms with Gasteiger partial charge in [0, 0.05) is 60.6 Å². The Labute approximate surface area is 221 Å². The van der Waals surface area contributed by atoms with E-state index in [9.17, 15) is 19.1 Å². The van der Waals surface area contributed by atoms with Crippen molar-refractivity contribution in [1.29, 1.82) is 0 Å². The van der Waals surface area contributed by atoms with Crippen LogP contribution in [0.2, 0.25) is 0 Å². The van der Waals surface area contributed by atoms with Crippen molar-refractivity contribution in [3.63, 3.8) is 0 Å². The minimum absolute atomic E-state index is 0.115. The number of carbonyl (C=O) groups is 2. The fraction of sp³-hybridized carbons (Fsp3) is 0.448. The van der Waals surface area contributed by atoms with Crippen molar-refractivity contribution in [1.82, 2.24) is 4.90 Å². The van der Waals surface area contributed by atoms with Crippen molar-refractivity contribution >= 4 is 44.7 Å². The monoisotopic (exact) mass is 523 g/mol. The molecule has 2 aromatic carbocycles. The number of carboxylic acid groups (broad SMARTS) is 1. The van der Waals surface area contributed by atoms with Crippen LogP contribution >= 0.6 is 11.3 Å². The average molecular weight is 524 g/mol. The zero-order chi connectivity index (χ0) is 26.2. The molecule has 0 spiro atoms. The van der Waals surface area contributed by atoms with Crippen LogP contribution in [0.4, 0.5) is 15.8 Å². The Morgan fingerprint density at radius 1 is 1.08 bits per heavy atom. The highest BCUT2D eigenvalue weighted by atomic mass is 32.1. The molecule has 1 aromatic heterocycles. The summed E-state index contributed by atoms with van der Waals surface area (Å²) < 4.78 is 15.1. The van der Waals surface area contributed by atoms with Gasteiger partial charge < -0.3 is 10.0 Å². The molecule has 0 radical (unpaired) electrons. The van der Waals surface area contributed by atoms with Crippen LogP contribution in [0, 0.1) is 5.82 Å². The summed E-state index contributed by atoms with van der Waals surface area (Å²) in [6.07, 6.45) is 2.90. The molecule has 3 aromatic rings. The van der Waals surface area contributed by atoms with E-state index >= 15 is 0 Å². The Balaban J connectivity index is 1.27. The molecule has 1 saturated heterocycles. The lowest BCUT2D eigenvalue weighted by Gasteiger charge is -2.41. The summed E-state index contributed by atoms with van der Waals surface area (Å²) in [6.45, 7) is 7.97. The average Bonchev–Trinajstić information content (AvgIpc) is 3.35. The molecule has 0 bridgehead atoms. The molecule has 1 N–H and O–H groups in total. The Morgan fingerprint density at radius 2 is 1.86 bits per heavy atom. The largest absolute Gasteiger partial charge is 0.479 e. The SMILES string of the molecule is CCCC(C)(C(=O)O)N1C(=O)CCc2ccc(CCN3CCN(c4cc(F)cc5sccc45)CC3)cc21. The van der Waals surface area contributed by atoms with E-state index in [4.69, 9.17) is 0 Å². The van der Waals surface area contributed by atoms with Gasteiger partial charge in [-0.1, -0.05) is 25.5 Å². The molecular weight excluding hydrogens is 489 g/mol. The number of aryl methyl sites for hydroxylation is 1. The minimum Gasteiger partial charge on any atom is -0.479 e. The van der Waals surface area contributed by atoms with Crippen molar-refractivity contribution in [2.45, 2.75) is 51.5 Å². The first-order chi connectivity index (χ1) is 17.8. The molecule has 1 atom stereocenters. The quantitative estimate of drug-likeness (QED) is 0.433. The van der Waals surface area contributed by atoms with Crippen LogP contribution in [0.3, 0.4) is 0 Å². The highest BCUT2D eigenvalue weighted by Gasteiger charge is 2.44.